The van der Waals surface area contributed by atoms with Gasteiger partial charge in [-0.1, -0.05) is 23.2 Å². The molecule has 0 spiro atoms. The second-order valence-corrected chi connectivity index (χ2v) is 7.94. The van der Waals surface area contributed by atoms with E-state index in [9.17, 15) is 21.6 Å². The first-order chi connectivity index (χ1) is 11.0. The molecule has 24 heavy (non-hydrogen) atoms. The third-order valence-electron chi connectivity index (χ3n) is 2.94. The van der Waals surface area contributed by atoms with Crippen LogP contribution in [0.2, 0.25) is 10.0 Å². The van der Waals surface area contributed by atoms with Crippen LogP contribution in [0.1, 0.15) is 5.56 Å². The summed E-state index contributed by atoms with van der Waals surface area (Å²) >= 11 is 12.5. The van der Waals surface area contributed by atoms with Crippen LogP contribution in [0.3, 0.4) is 0 Å². The van der Waals surface area contributed by atoms with Gasteiger partial charge in [0.2, 0.25) is 0 Å². The Balaban J connectivity index is 2.46. The quantitative estimate of drug-likeness (QED) is 0.667. The molecule has 0 atom stereocenters. The number of halogens is 5. The van der Waals surface area contributed by atoms with E-state index in [1.165, 1.54) is 30.0 Å². The van der Waals surface area contributed by atoms with E-state index < -0.39 is 26.8 Å². The highest BCUT2D eigenvalue weighted by Crippen LogP contribution is 2.37. The fourth-order valence-corrected chi connectivity index (χ4v) is 4.54. The lowest BCUT2D eigenvalue weighted by atomic mass is 10.2. The summed E-state index contributed by atoms with van der Waals surface area (Å²) in [6, 6.07) is 7.05. The molecule has 0 radical (unpaired) electrons. The Labute approximate surface area is 151 Å². The maximum absolute atomic E-state index is 12.9. The Morgan fingerprint density at radius 1 is 1.08 bits per heavy atom. The van der Waals surface area contributed by atoms with Gasteiger partial charge < -0.3 is 0 Å². The van der Waals surface area contributed by atoms with Gasteiger partial charge in [-0.3, -0.25) is 4.72 Å². The van der Waals surface area contributed by atoms with Gasteiger partial charge in [-0.25, -0.2) is 8.42 Å². The van der Waals surface area contributed by atoms with E-state index in [4.69, 9.17) is 23.2 Å². The number of alkyl halides is 3. The van der Waals surface area contributed by atoms with E-state index in [0.717, 1.165) is 12.1 Å². The zero-order chi connectivity index (χ0) is 18.1. The fraction of sp³-hybridized carbons (Fsp3) is 0.143. The minimum atomic E-state index is -4.70. The molecule has 130 valence electrons. The lowest BCUT2D eigenvalue weighted by molar-refractivity contribution is -0.137. The van der Waals surface area contributed by atoms with E-state index in [0.29, 0.717) is 11.0 Å². The van der Waals surface area contributed by atoms with Crippen molar-refractivity contribution in [2.24, 2.45) is 0 Å². The van der Waals surface area contributed by atoms with Crippen LogP contribution in [0.4, 0.5) is 18.9 Å². The molecule has 0 amide bonds. The summed E-state index contributed by atoms with van der Waals surface area (Å²) in [4.78, 5) is 0.294. The molecule has 0 aliphatic carbocycles. The van der Waals surface area contributed by atoms with Crippen molar-refractivity contribution in [3.63, 3.8) is 0 Å². The molecule has 0 saturated heterocycles. The number of nitrogens with one attached hydrogen (secondary N) is 1. The molecule has 0 heterocycles. The lowest BCUT2D eigenvalue weighted by Gasteiger charge is -2.14. The Morgan fingerprint density at radius 2 is 1.75 bits per heavy atom. The standard InChI is InChI=1S/C14H10Cl2F3NO2S2/c1-23-12-5-2-8(15)6-13(12)24(21,22)20-9-3-4-11(16)10(7-9)14(17,18)19/h2-7,20H,1H3. The first-order valence-corrected chi connectivity index (χ1v) is 9.74. The maximum atomic E-state index is 12.9. The molecule has 0 saturated carbocycles. The van der Waals surface area contributed by atoms with Crippen molar-refractivity contribution < 1.29 is 21.6 Å². The zero-order valence-corrected chi connectivity index (χ0v) is 15.1. The summed E-state index contributed by atoms with van der Waals surface area (Å²) in [5, 5.41) is -0.321. The van der Waals surface area contributed by atoms with E-state index in [2.05, 4.69) is 4.72 Å². The summed E-state index contributed by atoms with van der Waals surface area (Å²) in [5.74, 6) is 0. The number of benzene rings is 2. The number of hydrogen-bond acceptors (Lipinski definition) is 3. The van der Waals surface area contributed by atoms with Crippen LogP contribution < -0.4 is 4.72 Å². The molecule has 10 heteroatoms. The Morgan fingerprint density at radius 3 is 2.33 bits per heavy atom. The predicted octanol–water partition coefficient (Wildman–Crippen LogP) is 5.53. The van der Waals surface area contributed by atoms with E-state index in [1.54, 1.807) is 6.26 Å². The topological polar surface area (TPSA) is 46.2 Å². The Bertz CT molecular complexity index is 871. The highest BCUT2D eigenvalue weighted by Gasteiger charge is 2.33. The van der Waals surface area contributed by atoms with Gasteiger partial charge in [0.05, 0.1) is 10.6 Å². The summed E-state index contributed by atoms with van der Waals surface area (Å²) in [7, 11) is -4.12. The number of anilines is 1. The highest BCUT2D eigenvalue weighted by atomic mass is 35.5. The van der Waals surface area contributed by atoms with Crippen molar-refractivity contribution in [2.75, 3.05) is 11.0 Å². The second-order valence-electron chi connectivity index (χ2n) is 4.59. The van der Waals surface area contributed by atoms with Gasteiger partial charge in [-0.15, -0.1) is 11.8 Å². The number of rotatable bonds is 4. The molecule has 2 aromatic carbocycles. The Hall–Kier alpha value is -1.09. The van der Waals surface area contributed by atoms with Gasteiger partial charge in [-0.05, 0) is 42.7 Å². The van der Waals surface area contributed by atoms with Gasteiger partial charge >= 0.3 is 6.18 Å². The van der Waals surface area contributed by atoms with Crippen molar-refractivity contribution in [3.8, 4) is 0 Å². The molecule has 0 unspecified atom stereocenters. The number of sulfonamides is 1. The average Bonchev–Trinajstić information content (AvgIpc) is 2.48. The normalized spacial score (nSPS) is 12.2. The van der Waals surface area contributed by atoms with E-state index in [1.807, 2.05) is 0 Å². The summed E-state index contributed by atoms with van der Waals surface area (Å²) in [6.07, 6.45) is -3.02. The number of hydrogen-bond donors (Lipinski definition) is 1. The van der Waals surface area contributed by atoms with Crippen LogP contribution in [0.5, 0.6) is 0 Å². The summed E-state index contributed by atoms with van der Waals surface area (Å²) in [6.45, 7) is 0. The first kappa shape index (κ1) is 19.2. The molecule has 2 aromatic rings. The van der Waals surface area contributed by atoms with Crippen LogP contribution in [-0.2, 0) is 16.2 Å². The summed E-state index contributed by atoms with van der Waals surface area (Å²) < 4.78 is 65.7. The van der Waals surface area contributed by atoms with Gasteiger partial charge in [0, 0.05) is 15.6 Å². The SMILES string of the molecule is CSc1ccc(Cl)cc1S(=O)(=O)Nc1ccc(Cl)c(C(F)(F)F)c1. The van der Waals surface area contributed by atoms with Crippen molar-refractivity contribution in [1.29, 1.82) is 0 Å². The molecule has 0 aliphatic heterocycles. The van der Waals surface area contributed by atoms with E-state index >= 15 is 0 Å². The minimum absolute atomic E-state index is 0.119. The largest absolute Gasteiger partial charge is 0.417 e. The lowest BCUT2D eigenvalue weighted by Crippen LogP contribution is -2.15. The zero-order valence-electron chi connectivity index (χ0n) is 12.0. The molecule has 0 fully saturated rings. The molecule has 0 aromatic heterocycles. The van der Waals surface area contributed by atoms with Gasteiger partial charge in [-0.2, -0.15) is 13.2 Å². The molecule has 1 N–H and O–H groups in total. The average molecular weight is 416 g/mol. The van der Waals surface area contributed by atoms with Crippen LogP contribution in [-0.4, -0.2) is 14.7 Å². The predicted molar refractivity (Wildman–Crippen MR) is 90.5 cm³/mol. The third-order valence-corrected chi connectivity index (χ3v) is 5.85. The van der Waals surface area contributed by atoms with Crippen LogP contribution >= 0.6 is 35.0 Å². The van der Waals surface area contributed by atoms with E-state index in [-0.39, 0.29) is 15.6 Å². The van der Waals surface area contributed by atoms with Crippen LogP contribution in [0.25, 0.3) is 0 Å². The van der Waals surface area contributed by atoms with Gasteiger partial charge in [0.25, 0.3) is 10.0 Å². The first-order valence-electron chi connectivity index (χ1n) is 6.27. The minimum Gasteiger partial charge on any atom is -0.280 e. The van der Waals surface area contributed by atoms with Crippen LogP contribution in [0, 0.1) is 0 Å². The fourth-order valence-electron chi connectivity index (χ4n) is 1.88. The van der Waals surface area contributed by atoms with Gasteiger partial charge in [0.1, 0.15) is 4.90 Å². The van der Waals surface area contributed by atoms with Gasteiger partial charge in [0.15, 0.2) is 0 Å². The number of thioether (sulfide) groups is 1. The Kier molecular flexibility index (Phi) is 5.64. The van der Waals surface area contributed by atoms with Crippen molar-refractivity contribution in [3.05, 3.63) is 52.0 Å². The van der Waals surface area contributed by atoms with Crippen molar-refractivity contribution >= 4 is 50.7 Å². The molecular formula is C14H10Cl2F3NO2S2. The molecule has 2 rings (SSSR count). The highest BCUT2D eigenvalue weighted by molar-refractivity contribution is 7.99. The molecule has 3 nitrogen and oxygen atoms in total. The second kappa shape index (κ2) is 7.03. The molecular weight excluding hydrogens is 406 g/mol. The summed E-state index contributed by atoms with van der Waals surface area (Å²) in [5.41, 5.74) is -1.38. The molecule has 0 bridgehead atoms. The van der Waals surface area contributed by atoms with Crippen molar-refractivity contribution in [1.82, 2.24) is 0 Å². The monoisotopic (exact) mass is 415 g/mol. The maximum Gasteiger partial charge on any atom is 0.417 e. The third kappa shape index (κ3) is 4.30. The molecule has 0 aliphatic rings. The smallest absolute Gasteiger partial charge is 0.280 e. The van der Waals surface area contributed by atoms with Crippen molar-refractivity contribution in [2.45, 2.75) is 16.0 Å². The van der Waals surface area contributed by atoms with Crippen LogP contribution in [0.15, 0.2) is 46.2 Å².